The number of aryl methyl sites for hydroxylation is 2. The van der Waals surface area contributed by atoms with Gasteiger partial charge in [0.2, 0.25) is 0 Å². The Labute approximate surface area is 174 Å². The zero-order valence-corrected chi connectivity index (χ0v) is 18.1. The van der Waals surface area contributed by atoms with Gasteiger partial charge in [-0.25, -0.2) is 9.67 Å². The fraction of sp³-hybridized carbons (Fsp3) is 0.565. The third-order valence-electron chi connectivity index (χ3n) is 6.08. The second-order valence-electron chi connectivity index (χ2n) is 8.27. The third kappa shape index (κ3) is 4.47. The Morgan fingerprint density at radius 3 is 2.69 bits per heavy atom. The van der Waals surface area contributed by atoms with Crippen LogP contribution in [0.1, 0.15) is 43.1 Å². The van der Waals surface area contributed by atoms with E-state index in [1.54, 1.807) is 0 Å². The van der Waals surface area contributed by atoms with Gasteiger partial charge in [-0.05, 0) is 70.8 Å². The zero-order chi connectivity index (χ0) is 20.2. The predicted octanol–water partition coefficient (Wildman–Crippen LogP) is 3.12. The van der Waals surface area contributed by atoms with Crippen LogP contribution >= 0.6 is 0 Å². The summed E-state index contributed by atoms with van der Waals surface area (Å²) < 4.78 is 2.03. The Morgan fingerprint density at radius 1 is 1.17 bits per heavy atom. The summed E-state index contributed by atoms with van der Waals surface area (Å²) in [5, 5.41) is 8.19. The van der Waals surface area contributed by atoms with E-state index in [2.05, 4.69) is 64.4 Å². The van der Waals surface area contributed by atoms with Crippen LogP contribution in [-0.4, -0.2) is 64.3 Å². The van der Waals surface area contributed by atoms with Crippen LogP contribution in [0.15, 0.2) is 35.3 Å². The van der Waals surface area contributed by atoms with Crippen LogP contribution in [-0.2, 0) is 6.54 Å². The first kappa shape index (κ1) is 20.0. The highest BCUT2D eigenvalue weighted by Crippen LogP contribution is 2.21. The summed E-state index contributed by atoms with van der Waals surface area (Å²) >= 11 is 0. The minimum Gasteiger partial charge on any atom is -0.357 e. The van der Waals surface area contributed by atoms with Crippen molar-refractivity contribution in [2.24, 2.45) is 4.99 Å². The highest BCUT2D eigenvalue weighted by Gasteiger charge is 2.30. The highest BCUT2D eigenvalue weighted by atomic mass is 15.3. The molecule has 1 aromatic carbocycles. The molecule has 0 radical (unpaired) electrons. The molecule has 1 atom stereocenters. The molecule has 2 fully saturated rings. The molecule has 0 amide bonds. The first-order valence-electron chi connectivity index (χ1n) is 11.0. The molecule has 1 N–H and O–H groups in total. The lowest BCUT2D eigenvalue weighted by atomic mass is 10.2. The summed E-state index contributed by atoms with van der Waals surface area (Å²) in [5.74, 6) is 1.04. The van der Waals surface area contributed by atoms with Crippen molar-refractivity contribution in [3.8, 4) is 5.69 Å². The Hall–Kier alpha value is -2.34. The summed E-state index contributed by atoms with van der Waals surface area (Å²) in [5.41, 5.74) is 4.51. The van der Waals surface area contributed by atoms with Gasteiger partial charge in [-0.1, -0.05) is 18.2 Å². The van der Waals surface area contributed by atoms with Gasteiger partial charge >= 0.3 is 0 Å². The van der Waals surface area contributed by atoms with Crippen molar-refractivity contribution in [2.45, 2.75) is 52.6 Å². The van der Waals surface area contributed by atoms with Crippen LogP contribution in [0.5, 0.6) is 0 Å². The Morgan fingerprint density at radius 2 is 1.97 bits per heavy atom. The summed E-state index contributed by atoms with van der Waals surface area (Å²) in [4.78, 5) is 10.1. The van der Waals surface area contributed by atoms with E-state index >= 15 is 0 Å². The molecule has 0 bridgehead atoms. The van der Waals surface area contributed by atoms with Crippen LogP contribution < -0.4 is 5.32 Å². The predicted molar refractivity (Wildman–Crippen MR) is 119 cm³/mol. The van der Waals surface area contributed by atoms with E-state index in [1.165, 1.54) is 37.9 Å². The molecule has 29 heavy (non-hydrogen) atoms. The number of nitrogens with zero attached hydrogens (tertiary/aromatic N) is 5. The molecule has 6 heteroatoms. The number of likely N-dealkylation sites (tertiary alicyclic amines) is 2. The van der Waals surface area contributed by atoms with Crippen molar-refractivity contribution in [1.82, 2.24) is 24.9 Å². The minimum atomic E-state index is 0.654. The number of benzene rings is 1. The van der Waals surface area contributed by atoms with Crippen molar-refractivity contribution in [3.05, 3.63) is 47.3 Å². The van der Waals surface area contributed by atoms with Gasteiger partial charge in [0.05, 0.1) is 17.9 Å². The quantitative estimate of drug-likeness (QED) is 0.625. The van der Waals surface area contributed by atoms with Crippen molar-refractivity contribution >= 4 is 5.96 Å². The van der Waals surface area contributed by atoms with Gasteiger partial charge < -0.3 is 10.2 Å². The van der Waals surface area contributed by atoms with Crippen molar-refractivity contribution in [3.63, 3.8) is 0 Å². The molecule has 2 aliphatic heterocycles. The van der Waals surface area contributed by atoms with Crippen LogP contribution in [0.25, 0.3) is 5.69 Å². The first-order valence-corrected chi connectivity index (χ1v) is 11.0. The minimum absolute atomic E-state index is 0.654. The zero-order valence-electron chi connectivity index (χ0n) is 18.1. The smallest absolute Gasteiger partial charge is 0.194 e. The average molecular weight is 395 g/mol. The Balaban J connectivity index is 1.51. The van der Waals surface area contributed by atoms with E-state index in [-0.39, 0.29) is 0 Å². The molecule has 1 unspecified atom stereocenters. The van der Waals surface area contributed by atoms with Gasteiger partial charge in [0.1, 0.15) is 0 Å². The molecule has 2 saturated heterocycles. The number of aliphatic imine (C=N–C) groups is 1. The van der Waals surface area contributed by atoms with Crippen molar-refractivity contribution < 1.29 is 0 Å². The van der Waals surface area contributed by atoms with E-state index in [0.29, 0.717) is 12.6 Å². The fourth-order valence-electron chi connectivity index (χ4n) is 4.65. The van der Waals surface area contributed by atoms with Crippen molar-refractivity contribution in [1.29, 1.82) is 0 Å². The molecule has 4 rings (SSSR count). The van der Waals surface area contributed by atoms with E-state index < -0.39 is 0 Å². The van der Waals surface area contributed by atoms with Crippen LogP contribution in [0.3, 0.4) is 0 Å². The summed E-state index contributed by atoms with van der Waals surface area (Å²) in [6.45, 7) is 12.5. The molecule has 3 heterocycles. The van der Waals surface area contributed by atoms with E-state index in [1.807, 2.05) is 11.6 Å². The third-order valence-corrected chi connectivity index (χ3v) is 6.08. The number of nitrogens with one attached hydrogen (secondary N) is 1. The van der Waals surface area contributed by atoms with Gasteiger partial charge in [0, 0.05) is 31.4 Å². The second-order valence-corrected chi connectivity index (χ2v) is 8.27. The molecule has 2 aliphatic rings. The second kappa shape index (κ2) is 8.99. The maximum Gasteiger partial charge on any atom is 0.194 e. The molecule has 156 valence electrons. The van der Waals surface area contributed by atoms with Gasteiger partial charge in [-0.15, -0.1) is 0 Å². The van der Waals surface area contributed by atoms with Crippen LogP contribution in [0, 0.1) is 13.8 Å². The maximum atomic E-state index is 5.02. The Kier molecular flexibility index (Phi) is 6.19. The lowest BCUT2D eigenvalue weighted by Crippen LogP contribution is -2.42. The number of rotatable bonds is 5. The topological polar surface area (TPSA) is 48.7 Å². The van der Waals surface area contributed by atoms with Gasteiger partial charge in [-0.2, -0.15) is 5.10 Å². The molecule has 0 saturated carbocycles. The average Bonchev–Trinajstić information content (AvgIpc) is 3.46. The van der Waals surface area contributed by atoms with Gasteiger partial charge in [-0.3, -0.25) is 4.90 Å². The lowest BCUT2D eigenvalue weighted by molar-refractivity contribution is 0.249. The molecule has 6 nitrogen and oxygen atoms in total. The molecule has 2 aromatic rings. The fourth-order valence-corrected chi connectivity index (χ4v) is 4.65. The number of guanidine groups is 1. The standard InChI is InChI=1S/C23H34N6/c1-4-24-23(28-14-11-21(17-28)27-12-7-8-13-27)25-16-20-9-5-6-10-22(20)29-19(3)15-18(2)26-29/h5-6,9-10,15,21H,4,7-8,11-14,16-17H2,1-3H3,(H,24,25). The highest BCUT2D eigenvalue weighted by molar-refractivity contribution is 5.80. The normalized spacial score (nSPS) is 20.6. The van der Waals surface area contributed by atoms with Crippen LogP contribution in [0.2, 0.25) is 0 Å². The van der Waals surface area contributed by atoms with E-state index in [9.17, 15) is 0 Å². The summed E-state index contributed by atoms with van der Waals surface area (Å²) in [7, 11) is 0. The number of aromatic nitrogens is 2. The van der Waals surface area contributed by atoms with Crippen LogP contribution in [0.4, 0.5) is 0 Å². The largest absolute Gasteiger partial charge is 0.357 e. The molecule has 1 aromatic heterocycles. The number of hydrogen-bond acceptors (Lipinski definition) is 3. The monoisotopic (exact) mass is 394 g/mol. The van der Waals surface area contributed by atoms with Crippen molar-refractivity contribution in [2.75, 3.05) is 32.7 Å². The number of hydrogen-bond donors (Lipinski definition) is 1. The first-order chi connectivity index (χ1) is 14.2. The Bertz CT molecular complexity index is 849. The summed E-state index contributed by atoms with van der Waals surface area (Å²) in [6.07, 6.45) is 3.95. The lowest BCUT2D eigenvalue weighted by Gasteiger charge is -2.25. The molecular weight excluding hydrogens is 360 g/mol. The molecule has 0 aliphatic carbocycles. The van der Waals surface area contributed by atoms with Gasteiger partial charge in [0.25, 0.3) is 0 Å². The molecular formula is C23H34N6. The van der Waals surface area contributed by atoms with Gasteiger partial charge in [0.15, 0.2) is 5.96 Å². The summed E-state index contributed by atoms with van der Waals surface area (Å²) in [6, 6.07) is 11.3. The van der Waals surface area contributed by atoms with E-state index in [0.717, 1.165) is 42.7 Å². The maximum absolute atomic E-state index is 5.02. The van der Waals surface area contributed by atoms with E-state index in [4.69, 9.17) is 4.99 Å². The SMILES string of the molecule is CCNC(=NCc1ccccc1-n1nc(C)cc1C)N1CCC(N2CCCC2)C1. The number of para-hydroxylation sites is 1. The molecule has 0 spiro atoms.